The van der Waals surface area contributed by atoms with Gasteiger partial charge >= 0.3 is 6.36 Å². The van der Waals surface area contributed by atoms with Gasteiger partial charge in [-0.2, -0.15) is 0 Å². The number of hydrogen-bond acceptors (Lipinski definition) is 2. The van der Waals surface area contributed by atoms with Gasteiger partial charge in [0.25, 0.3) is 0 Å². The molecule has 0 aliphatic heterocycles. The van der Waals surface area contributed by atoms with Crippen molar-refractivity contribution in [2.45, 2.75) is 25.1 Å². The molecule has 1 aromatic rings. The van der Waals surface area contributed by atoms with Gasteiger partial charge in [-0.3, -0.25) is 4.99 Å². The first kappa shape index (κ1) is 19.7. The van der Waals surface area contributed by atoms with Crippen LogP contribution in [0.2, 0.25) is 0 Å². The highest BCUT2D eigenvalue weighted by Gasteiger charge is 2.44. The maximum absolute atomic E-state index is 12.7. The summed E-state index contributed by atoms with van der Waals surface area (Å²) in [6, 6.07) is 5.32. The lowest BCUT2D eigenvalue weighted by Crippen LogP contribution is -2.37. The van der Waals surface area contributed by atoms with E-state index in [-0.39, 0.29) is 60.9 Å². The fourth-order valence-electron chi connectivity index (χ4n) is 2.10. The van der Waals surface area contributed by atoms with Crippen LogP contribution in [0.1, 0.15) is 12.8 Å². The number of guanidine groups is 1. The van der Waals surface area contributed by atoms with Gasteiger partial charge in [0.1, 0.15) is 0 Å². The summed E-state index contributed by atoms with van der Waals surface area (Å²) in [6.45, 7) is 0.0940. The van der Waals surface area contributed by atoms with E-state index in [2.05, 4.69) is 15.0 Å². The minimum Gasteiger partial charge on any atom is -0.404 e. The van der Waals surface area contributed by atoms with Crippen molar-refractivity contribution in [3.05, 3.63) is 24.3 Å². The Kier molecular flexibility index (Phi) is 6.42. The van der Waals surface area contributed by atoms with Crippen LogP contribution in [0, 0.1) is 5.92 Å². The van der Waals surface area contributed by atoms with Crippen molar-refractivity contribution in [1.29, 1.82) is 0 Å². The number of para-hydroxylation sites is 2. The number of anilines is 1. The van der Waals surface area contributed by atoms with Gasteiger partial charge in [0, 0.05) is 19.4 Å². The molecule has 1 aromatic carbocycles. The normalized spacial score (nSPS) is 17.9. The number of halogens is 6. The summed E-state index contributed by atoms with van der Waals surface area (Å²) in [7, 11) is 0. The van der Waals surface area contributed by atoms with Crippen LogP contribution in [0.3, 0.4) is 0 Å². The predicted octanol–water partition coefficient (Wildman–Crippen LogP) is 3.98. The van der Waals surface area contributed by atoms with Crippen LogP contribution in [0.15, 0.2) is 29.3 Å². The van der Waals surface area contributed by atoms with Gasteiger partial charge in [-0.25, -0.2) is 8.78 Å². The lowest BCUT2D eigenvalue weighted by Gasteiger charge is -2.33. The van der Waals surface area contributed by atoms with E-state index >= 15 is 0 Å². The number of ether oxygens (including phenoxy) is 1. The molecule has 0 atom stereocenters. The van der Waals surface area contributed by atoms with Gasteiger partial charge in [-0.05, 0) is 18.1 Å². The standard InChI is InChI=1S/C13H14F5N3O.HI/c14-12(15)5-8(6-12)7-20-11(19)21-9-3-1-2-4-10(9)22-13(16,17)18;/h1-4,8H,5-7H2,(H3,19,20,21);1H. The Morgan fingerprint density at radius 3 is 2.48 bits per heavy atom. The summed E-state index contributed by atoms with van der Waals surface area (Å²) in [5, 5.41) is 2.47. The zero-order chi connectivity index (χ0) is 16.4. The Bertz CT molecular complexity index is 557. The Morgan fingerprint density at radius 1 is 1.30 bits per heavy atom. The predicted molar refractivity (Wildman–Crippen MR) is 86.3 cm³/mol. The van der Waals surface area contributed by atoms with Crippen LogP contribution < -0.4 is 15.8 Å². The zero-order valence-corrected chi connectivity index (χ0v) is 14.1. The second-order valence-electron chi connectivity index (χ2n) is 5.03. The van der Waals surface area contributed by atoms with Crippen molar-refractivity contribution in [3.8, 4) is 5.75 Å². The van der Waals surface area contributed by atoms with E-state index in [1.165, 1.54) is 18.2 Å². The van der Waals surface area contributed by atoms with Crippen molar-refractivity contribution in [1.82, 2.24) is 0 Å². The van der Waals surface area contributed by atoms with Crippen molar-refractivity contribution >= 4 is 35.6 Å². The Balaban J connectivity index is 0.00000264. The number of rotatable bonds is 4. The summed E-state index contributed by atoms with van der Waals surface area (Å²) in [5.41, 5.74) is 5.53. The topological polar surface area (TPSA) is 59.6 Å². The molecule has 0 amide bonds. The van der Waals surface area contributed by atoms with E-state index in [1.807, 2.05) is 0 Å². The van der Waals surface area contributed by atoms with E-state index < -0.39 is 18.0 Å². The van der Waals surface area contributed by atoms with Crippen LogP contribution in [0.4, 0.5) is 27.6 Å². The molecule has 1 saturated carbocycles. The summed E-state index contributed by atoms with van der Waals surface area (Å²) < 4.78 is 65.9. The van der Waals surface area contributed by atoms with E-state index in [9.17, 15) is 22.0 Å². The largest absolute Gasteiger partial charge is 0.573 e. The van der Waals surface area contributed by atoms with Crippen molar-refractivity contribution in [3.63, 3.8) is 0 Å². The van der Waals surface area contributed by atoms with E-state index in [0.717, 1.165) is 6.07 Å². The first-order valence-corrected chi connectivity index (χ1v) is 6.44. The number of nitrogens with zero attached hydrogens (tertiary/aromatic N) is 1. The summed E-state index contributed by atoms with van der Waals surface area (Å²) in [5.74, 6) is -3.52. The molecule has 10 heteroatoms. The molecule has 0 aromatic heterocycles. The zero-order valence-electron chi connectivity index (χ0n) is 11.7. The number of benzene rings is 1. The average Bonchev–Trinajstić information content (AvgIpc) is 2.34. The van der Waals surface area contributed by atoms with E-state index in [4.69, 9.17) is 5.73 Å². The van der Waals surface area contributed by atoms with Crippen molar-refractivity contribution in [2.75, 3.05) is 11.9 Å². The highest BCUT2D eigenvalue weighted by Crippen LogP contribution is 2.42. The first-order chi connectivity index (χ1) is 10.1. The Labute approximate surface area is 146 Å². The summed E-state index contributed by atoms with van der Waals surface area (Å²) in [4.78, 5) is 3.86. The highest BCUT2D eigenvalue weighted by atomic mass is 127. The lowest BCUT2D eigenvalue weighted by molar-refractivity contribution is -0.274. The molecule has 130 valence electrons. The SMILES string of the molecule is I.NC(=NCC1CC(F)(F)C1)Nc1ccccc1OC(F)(F)F. The van der Waals surface area contributed by atoms with Crippen molar-refractivity contribution in [2.24, 2.45) is 16.6 Å². The molecule has 0 heterocycles. The molecule has 0 bridgehead atoms. The van der Waals surface area contributed by atoms with Crippen LogP contribution in [0.5, 0.6) is 5.75 Å². The molecule has 23 heavy (non-hydrogen) atoms. The van der Waals surface area contributed by atoms with Crippen LogP contribution >= 0.6 is 24.0 Å². The lowest BCUT2D eigenvalue weighted by atomic mass is 9.81. The van der Waals surface area contributed by atoms with Crippen LogP contribution in [0.25, 0.3) is 0 Å². The van der Waals surface area contributed by atoms with E-state index in [0.29, 0.717) is 0 Å². The minimum atomic E-state index is -4.83. The molecule has 3 N–H and O–H groups in total. The fourth-order valence-corrected chi connectivity index (χ4v) is 2.10. The molecule has 0 unspecified atom stereocenters. The third-order valence-corrected chi connectivity index (χ3v) is 3.07. The minimum absolute atomic E-state index is 0. The molecule has 0 radical (unpaired) electrons. The molecule has 1 aliphatic carbocycles. The number of hydrogen-bond donors (Lipinski definition) is 2. The second kappa shape index (κ2) is 7.49. The smallest absolute Gasteiger partial charge is 0.404 e. The van der Waals surface area contributed by atoms with Gasteiger partial charge in [0.2, 0.25) is 5.92 Å². The molecule has 0 spiro atoms. The van der Waals surface area contributed by atoms with Gasteiger partial charge in [-0.1, -0.05) is 12.1 Å². The number of aliphatic imine (C=N–C) groups is 1. The van der Waals surface area contributed by atoms with Crippen molar-refractivity contribution < 1.29 is 26.7 Å². The van der Waals surface area contributed by atoms with Gasteiger partial charge < -0.3 is 15.8 Å². The number of nitrogens with two attached hydrogens (primary N) is 1. The van der Waals surface area contributed by atoms with Crippen LogP contribution in [-0.4, -0.2) is 24.8 Å². The third kappa shape index (κ3) is 6.36. The quantitative estimate of drug-likeness (QED) is 0.315. The fraction of sp³-hybridized carbons (Fsp3) is 0.462. The third-order valence-electron chi connectivity index (χ3n) is 3.07. The summed E-state index contributed by atoms with van der Waals surface area (Å²) in [6.07, 6.45) is -5.34. The summed E-state index contributed by atoms with van der Waals surface area (Å²) >= 11 is 0. The number of alkyl halides is 5. The Hall–Kier alpha value is -1.33. The molecule has 1 fully saturated rings. The van der Waals surface area contributed by atoms with E-state index in [1.54, 1.807) is 0 Å². The molecule has 1 aliphatic rings. The van der Waals surface area contributed by atoms with Gasteiger partial charge in [0.15, 0.2) is 11.7 Å². The molecule has 4 nitrogen and oxygen atoms in total. The maximum atomic E-state index is 12.7. The molecular formula is C13H15F5IN3O. The molecule has 2 rings (SSSR count). The van der Waals surface area contributed by atoms with Gasteiger partial charge in [0.05, 0.1) is 5.69 Å². The number of nitrogens with one attached hydrogen (secondary N) is 1. The van der Waals surface area contributed by atoms with Gasteiger partial charge in [-0.15, -0.1) is 37.1 Å². The molecular weight excluding hydrogens is 436 g/mol. The Morgan fingerprint density at radius 2 is 1.91 bits per heavy atom. The average molecular weight is 451 g/mol. The second-order valence-corrected chi connectivity index (χ2v) is 5.03. The monoisotopic (exact) mass is 451 g/mol. The van der Waals surface area contributed by atoms with Crippen LogP contribution in [-0.2, 0) is 0 Å². The molecule has 0 saturated heterocycles. The maximum Gasteiger partial charge on any atom is 0.573 e. The first-order valence-electron chi connectivity index (χ1n) is 6.44. The highest BCUT2D eigenvalue weighted by molar-refractivity contribution is 14.0.